The molecule has 0 spiro atoms. The van der Waals surface area contributed by atoms with Gasteiger partial charge < -0.3 is 4.74 Å². The molecular formula is C11H11F3O. The number of ether oxygens (including phenoxy) is 1. The van der Waals surface area contributed by atoms with Crippen LogP contribution >= 0.6 is 0 Å². The van der Waals surface area contributed by atoms with Crippen molar-refractivity contribution in [3.63, 3.8) is 0 Å². The van der Waals surface area contributed by atoms with Crippen molar-refractivity contribution in [3.05, 3.63) is 48.0 Å². The van der Waals surface area contributed by atoms with Crippen LogP contribution in [0.2, 0.25) is 0 Å². The lowest BCUT2D eigenvalue weighted by Crippen LogP contribution is -2.05. The topological polar surface area (TPSA) is 9.23 Å². The largest absolute Gasteiger partial charge is 0.416 e. The molecular weight excluding hydrogens is 205 g/mol. The molecule has 0 aliphatic carbocycles. The minimum absolute atomic E-state index is 0.368. The van der Waals surface area contributed by atoms with Gasteiger partial charge in [-0.1, -0.05) is 18.2 Å². The molecule has 0 amide bonds. The van der Waals surface area contributed by atoms with E-state index in [2.05, 4.69) is 6.58 Å². The van der Waals surface area contributed by atoms with Crippen LogP contribution < -0.4 is 0 Å². The van der Waals surface area contributed by atoms with Gasteiger partial charge in [0, 0.05) is 7.11 Å². The Morgan fingerprint density at radius 1 is 1.27 bits per heavy atom. The highest BCUT2D eigenvalue weighted by molar-refractivity contribution is 5.27. The molecule has 0 radical (unpaired) electrons. The quantitative estimate of drug-likeness (QED) is 0.702. The monoisotopic (exact) mass is 216 g/mol. The summed E-state index contributed by atoms with van der Waals surface area (Å²) in [4.78, 5) is 0. The van der Waals surface area contributed by atoms with Gasteiger partial charge in [0.2, 0.25) is 0 Å². The maximum atomic E-state index is 12.2. The van der Waals surface area contributed by atoms with Crippen LogP contribution in [0.3, 0.4) is 0 Å². The van der Waals surface area contributed by atoms with Crippen LogP contribution in [0.1, 0.15) is 17.2 Å². The lowest BCUT2D eigenvalue weighted by Gasteiger charge is -2.12. The van der Waals surface area contributed by atoms with E-state index in [0.29, 0.717) is 5.56 Å². The van der Waals surface area contributed by atoms with Crippen molar-refractivity contribution in [2.24, 2.45) is 0 Å². The van der Waals surface area contributed by atoms with E-state index < -0.39 is 11.7 Å². The van der Waals surface area contributed by atoms with Gasteiger partial charge in [-0.25, -0.2) is 0 Å². The fraction of sp³-hybridized carbons (Fsp3) is 0.273. The molecule has 0 aromatic heterocycles. The van der Waals surface area contributed by atoms with Crippen molar-refractivity contribution in [2.75, 3.05) is 7.11 Å². The fourth-order valence-electron chi connectivity index (χ4n) is 1.23. The van der Waals surface area contributed by atoms with Crippen LogP contribution in [-0.4, -0.2) is 7.11 Å². The maximum Gasteiger partial charge on any atom is 0.416 e. The molecule has 0 fully saturated rings. The summed E-state index contributed by atoms with van der Waals surface area (Å²) < 4.78 is 41.7. The summed E-state index contributed by atoms with van der Waals surface area (Å²) in [5, 5.41) is 0. The fourth-order valence-corrected chi connectivity index (χ4v) is 1.23. The van der Waals surface area contributed by atoms with Gasteiger partial charge in [-0.05, 0) is 17.7 Å². The van der Waals surface area contributed by atoms with Gasteiger partial charge in [-0.3, -0.25) is 0 Å². The van der Waals surface area contributed by atoms with Crippen molar-refractivity contribution >= 4 is 0 Å². The number of alkyl halides is 3. The Morgan fingerprint density at radius 3 is 2.13 bits per heavy atom. The van der Waals surface area contributed by atoms with Crippen LogP contribution in [0.15, 0.2) is 36.9 Å². The van der Waals surface area contributed by atoms with E-state index in [9.17, 15) is 13.2 Å². The molecule has 1 aromatic carbocycles. The predicted octanol–water partition coefficient (Wildman–Crippen LogP) is 3.58. The number of hydrogen-bond acceptors (Lipinski definition) is 1. The summed E-state index contributed by atoms with van der Waals surface area (Å²) in [6, 6.07) is 4.84. The molecule has 0 bridgehead atoms. The van der Waals surface area contributed by atoms with E-state index >= 15 is 0 Å². The highest BCUT2D eigenvalue weighted by Crippen LogP contribution is 2.30. The Morgan fingerprint density at radius 2 is 1.80 bits per heavy atom. The normalized spacial score (nSPS) is 13.6. The maximum absolute atomic E-state index is 12.2. The number of hydrogen-bond donors (Lipinski definition) is 0. The first-order chi connectivity index (χ1) is 6.99. The number of benzene rings is 1. The van der Waals surface area contributed by atoms with E-state index in [0.717, 1.165) is 12.1 Å². The Hall–Kier alpha value is -1.29. The van der Waals surface area contributed by atoms with E-state index in [1.807, 2.05) is 0 Å². The van der Waals surface area contributed by atoms with Crippen molar-refractivity contribution in [2.45, 2.75) is 12.3 Å². The third kappa shape index (κ3) is 2.83. The third-order valence-electron chi connectivity index (χ3n) is 2.03. The lowest BCUT2D eigenvalue weighted by atomic mass is 10.1. The second-order valence-electron chi connectivity index (χ2n) is 3.01. The number of methoxy groups -OCH3 is 1. The highest BCUT2D eigenvalue weighted by atomic mass is 19.4. The molecule has 1 aromatic rings. The van der Waals surface area contributed by atoms with Gasteiger partial charge >= 0.3 is 6.18 Å². The first-order valence-corrected chi connectivity index (χ1v) is 4.31. The molecule has 1 nitrogen and oxygen atoms in total. The van der Waals surface area contributed by atoms with Crippen molar-refractivity contribution in [1.82, 2.24) is 0 Å². The molecule has 4 heteroatoms. The molecule has 0 N–H and O–H groups in total. The molecule has 0 heterocycles. The van der Waals surface area contributed by atoms with E-state index in [4.69, 9.17) is 4.74 Å². The second-order valence-corrected chi connectivity index (χ2v) is 3.01. The van der Waals surface area contributed by atoms with Crippen molar-refractivity contribution in [3.8, 4) is 0 Å². The standard InChI is InChI=1S/C11H11F3O/c1-3-10(15-2)8-4-6-9(7-5-8)11(12,13)14/h3-7,10H,1H2,2H3. The van der Waals surface area contributed by atoms with Gasteiger partial charge in [-0.15, -0.1) is 6.58 Å². The van der Waals surface area contributed by atoms with Gasteiger partial charge in [0.1, 0.15) is 0 Å². The molecule has 0 aliphatic rings. The van der Waals surface area contributed by atoms with Crippen LogP contribution in [0.25, 0.3) is 0 Å². The highest BCUT2D eigenvalue weighted by Gasteiger charge is 2.30. The van der Waals surface area contributed by atoms with Gasteiger partial charge in [-0.2, -0.15) is 13.2 Å². The zero-order valence-corrected chi connectivity index (χ0v) is 8.21. The summed E-state index contributed by atoms with van der Waals surface area (Å²) in [5.41, 5.74) is -0.00864. The molecule has 0 saturated carbocycles. The predicted molar refractivity (Wildman–Crippen MR) is 51.4 cm³/mol. The smallest absolute Gasteiger partial charge is 0.373 e. The molecule has 1 unspecified atom stereocenters. The first-order valence-electron chi connectivity index (χ1n) is 4.31. The molecule has 1 rings (SSSR count). The van der Waals surface area contributed by atoms with E-state index in [1.54, 1.807) is 0 Å². The summed E-state index contributed by atoms with van der Waals surface area (Å²) in [6.07, 6.45) is -3.13. The molecule has 1 atom stereocenters. The zero-order valence-electron chi connectivity index (χ0n) is 8.21. The number of rotatable bonds is 3. The lowest BCUT2D eigenvalue weighted by molar-refractivity contribution is -0.137. The summed E-state index contributed by atoms with van der Waals surface area (Å²) in [5.74, 6) is 0. The third-order valence-corrected chi connectivity index (χ3v) is 2.03. The Kier molecular flexibility index (Phi) is 3.52. The molecule has 82 valence electrons. The van der Waals surface area contributed by atoms with E-state index in [-0.39, 0.29) is 6.10 Å². The Balaban J connectivity index is 2.94. The van der Waals surface area contributed by atoms with Crippen molar-refractivity contribution in [1.29, 1.82) is 0 Å². The second kappa shape index (κ2) is 4.49. The average Bonchev–Trinajstić information content (AvgIpc) is 2.19. The Bertz CT molecular complexity index is 327. The summed E-state index contributed by atoms with van der Waals surface area (Å²) in [7, 11) is 1.48. The minimum Gasteiger partial charge on any atom is -0.373 e. The van der Waals surface area contributed by atoms with Crippen molar-refractivity contribution < 1.29 is 17.9 Å². The van der Waals surface area contributed by atoms with Gasteiger partial charge in [0.25, 0.3) is 0 Å². The minimum atomic E-state index is -4.30. The SMILES string of the molecule is C=CC(OC)c1ccc(C(F)(F)F)cc1. The zero-order chi connectivity index (χ0) is 11.5. The van der Waals surface area contributed by atoms with Crippen LogP contribution in [0.4, 0.5) is 13.2 Å². The first kappa shape index (κ1) is 11.8. The Labute approximate surface area is 86.2 Å². The van der Waals surface area contributed by atoms with Crippen LogP contribution in [0, 0.1) is 0 Å². The molecule has 0 saturated heterocycles. The number of halogens is 3. The van der Waals surface area contributed by atoms with E-state index in [1.165, 1.54) is 25.3 Å². The summed E-state index contributed by atoms with van der Waals surface area (Å²) >= 11 is 0. The average molecular weight is 216 g/mol. The molecule has 0 aliphatic heterocycles. The van der Waals surface area contributed by atoms with Gasteiger partial charge in [0.05, 0.1) is 11.7 Å². The van der Waals surface area contributed by atoms with Crippen LogP contribution in [0.5, 0.6) is 0 Å². The van der Waals surface area contributed by atoms with Crippen LogP contribution in [-0.2, 0) is 10.9 Å². The van der Waals surface area contributed by atoms with Gasteiger partial charge in [0.15, 0.2) is 0 Å². The summed E-state index contributed by atoms with van der Waals surface area (Å²) in [6.45, 7) is 3.53. The molecule has 15 heavy (non-hydrogen) atoms.